The molecule has 4 N–H and O–H groups in total. The van der Waals surface area contributed by atoms with Crippen molar-refractivity contribution < 1.29 is 53.4 Å². The summed E-state index contributed by atoms with van der Waals surface area (Å²) in [5, 5.41) is 35.2. The van der Waals surface area contributed by atoms with Crippen LogP contribution in [0.25, 0.3) is 0 Å². The van der Waals surface area contributed by atoms with E-state index in [1.54, 1.807) is 28.3 Å². The lowest BCUT2D eigenvalue weighted by atomic mass is 9.83. The second-order valence-corrected chi connectivity index (χ2v) is 18.5. The van der Waals surface area contributed by atoms with Gasteiger partial charge in [-0.25, -0.2) is 0 Å². The molecule has 0 aromatic rings. The predicted molar refractivity (Wildman–Crippen MR) is 275 cm³/mol. The summed E-state index contributed by atoms with van der Waals surface area (Å²) in [6.07, 6.45) is 24.3. The van der Waals surface area contributed by atoms with Gasteiger partial charge in [0.25, 0.3) is 6.47 Å². The molecule has 1 heterocycles. The van der Waals surface area contributed by atoms with E-state index in [9.17, 15) is 29.7 Å². The third-order valence-corrected chi connectivity index (χ3v) is 12.8. The van der Waals surface area contributed by atoms with E-state index >= 15 is 0 Å². The minimum atomic E-state index is -0.934. The van der Waals surface area contributed by atoms with Crippen molar-refractivity contribution in [1.82, 2.24) is 5.32 Å². The van der Waals surface area contributed by atoms with Crippen molar-refractivity contribution in [3.63, 3.8) is 0 Å². The summed E-state index contributed by atoms with van der Waals surface area (Å²) in [7, 11) is 5.00. The number of hydrogen-bond donors (Lipinski definition) is 4. The summed E-state index contributed by atoms with van der Waals surface area (Å²) in [6, 6.07) is 0. The average molecular weight is 952 g/mol. The topological polar surface area (TPSA) is 178 Å². The highest BCUT2D eigenvalue weighted by Crippen LogP contribution is 2.35. The predicted octanol–water partition coefficient (Wildman–Crippen LogP) is 10.8. The van der Waals surface area contributed by atoms with Crippen molar-refractivity contribution >= 4 is 25.3 Å². The summed E-state index contributed by atoms with van der Waals surface area (Å²) in [4.78, 5) is 42.8. The zero-order valence-electron chi connectivity index (χ0n) is 44.9. The maximum absolute atomic E-state index is 13.1. The van der Waals surface area contributed by atoms with Crippen LogP contribution in [0.3, 0.4) is 0 Å². The number of aliphatic hydroxyl groups excluding tert-OH is 3. The van der Waals surface area contributed by atoms with Gasteiger partial charge >= 0.3 is 0 Å². The van der Waals surface area contributed by atoms with Crippen molar-refractivity contribution in [1.29, 1.82) is 0 Å². The van der Waals surface area contributed by atoms with Gasteiger partial charge in [-0.2, -0.15) is 0 Å². The molecule has 0 aromatic carbocycles. The summed E-state index contributed by atoms with van der Waals surface area (Å²) >= 11 is 0. The van der Waals surface area contributed by atoms with Crippen LogP contribution in [0.1, 0.15) is 185 Å². The fourth-order valence-electron chi connectivity index (χ4n) is 8.46. The number of unbranched alkanes of at least 4 members (excludes halogenated alkanes) is 3. The molecule has 0 spiro atoms. The van der Waals surface area contributed by atoms with Crippen molar-refractivity contribution in [2.45, 2.75) is 227 Å². The molecule has 2 aliphatic rings. The molecule has 1 saturated heterocycles. The number of Topliss-reactive ketones (excluding diaryl/α,β-unsaturated/α-hetero) is 1. The number of carbonyl (C=O) groups excluding carboxylic acids is 4. The zero-order valence-corrected chi connectivity index (χ0v) is 44.9. The van der Waals surface area contributed by atoms with Crippen molar-refractivity contribution in [2.75, 3.05) is 27.9 Å². The molecule has 67 heavy (non-hydrogen) atoms. The first-order valence-corrected chi connectivity index (χ1v) is 25.4. The number of carbonyl (C=O) groups is 4. The second kappa shape index (κ2) is 42.1. The van der Waals surface area contributed by atoms with E-state index in [0.29, 0.717) is 43.6 Å². The molecule has 1 aliphatic carbocycles. The van der Waals surface area contributed by atoms with Crippen molar-refractivity contribution in [3.8, 4) is 0 Å². The Kier molecular flexibility index (Phi) is 43.0. The number of ketones is 1. The van der Waals surface area contributed by atoms with E-state index in [1.807, 2.05) is 72.6 Å². The number of nitrogens with one attached hydrogen (secondary N) is 1. The number of aliphatic hydroxyl groups is 3. The van der Waals surface area contributed by atoms with Gasteiger partial charge in [0.05, 0.1) is 30.0 Å². The average Bonchev–Trinajstić information content (AvgIpc) is 3.31. The molecule has 0 amide bonds. The van der Waals surface area contributed by atoms with Crippen LogP contribution in [0.15, 0.2) is 47.6 Å². The van der Waals surface area contributed by atoms with Crippen LogP contribution in [-0.2, 0) is 38.1 Å². The molecule has 6 unspecified atom stereocenters. The molecule has 0 bridgehead atoms. The number of hydrogen-bond acceptors (Lipinski definition) is 12. The van der Waals surface area contributed by atoms with Crippen molar-refractivity contribution in [2.24, 2.45) is 23.7 Å². The van der Waals surface area contributed by atoms with Gasteiger partial charge in [0.1, 0.15) is 30.7 Å². The number of ether oxygens (including phenoxy) is 4. The largest absolute Gasteiger partial charge is 0.464 e. The van der Waals surface area contributed by atoms with Crippen LogP contribution in [0.2, 0.25) is 0 Å². The second-order valence-electron chi connectivity index (χ2n) is 18.5. The van der Waals surface area contributed by atoms with Crippen LogP contribution in [0.4, 0.5) is 0 Å². The van der Waals surface area contributed by atoms with E-state index in [-0.39, 0.29) is 47.9 Å². The number of aldehydes is 1. The lowest BCUT2D eigenvalue weighted by molar-refractivity contribution is -0.155. The Morgan fingerprint density at radius 3 is 2.13 bits per heavy atom. The number of rotatable bonds is 29. The number of methoxy groups -OCH3 is 2. The van der Waals surface area contributed by atoms with Crippen molar-refractivity contribution in [3.05, 3.63) is 47.6 Å². The highest BCUT2D eigenvalue weighted by Gasteiger charge is 2.37. The summed E-state index contributed by atoms with van der Waals surface area (Å²) in [5.41, 5.74) is 0.926. The Balaban J connectivity index is -0.00000425. The molecule has 0 aromatic heterocycles. The summed E-state index contributed by atoms with van der Waals surface area (Å²) < 4.78 is 22.2. The third-order valence-electron chi connectivity index (χ3n) is 12.8. The van der Waals surface area contributed by atoms with Gasteiger partial charge in [0.15, 0.2) is 0 Å². The van der Waals surface area contributed by atoms with Gasteiger partial charge in [-0.3, -0.25) is 14.9 Å². The van der Waals surface area contributed by atoms with Gasteiger partial charge in [0.2, 0.25) is 0 Å². The molecular formula is C55H101NO11. The first-order chi connectivity index (χ1) is 32.0. The monoisotopic (exact) mass is 952 g/mol. The highest BCUT2D eigenvalue weighted by atomic mass is 16.5. The van der Waals surface area contributed by atoms with E-state index in [0.717, 1.165) is 95.5 Å². The summed E-state index contributed by atoms with van der Waals surface area (Å²) in [6.45, 7) is 25.3. The maximum Gasteiger partial charge on any atom is 0.293 e. The van der Waals surface area contributed by atoms with E-state index in [4.69, 9.17) is 19.0 Å². The van der Waals surface area contributed by atoms with Crippen LogP contribution in [0, 0.1) is 23.7 Å². The van der Waals surface area contributed by atoms with Crippen LogP contribution < -0.4 is 5.32 Å². The molecule has 12 heteroatoms. The lowest BCUT2D eigenvalue weighted by Gasteiger charge is -2.42. The third kappa shape index (κ3) is 31.8. The smallest absolute Gasteiger partial charge is 0.293 e. The molecular weight excluding hydrogens is 851 g/mol. The molecule has 1 aliphatic heterocycles. The van der Waals surface area contributed by atoms with Crippen LogP contribution >= 0.6 is 0 Å². The molecule has 1 saturated carbocycles. The molecule has 392 valence electrons. The quantitative estimate of drug-likeness (QED) is 0.0242. The Morgan fingerprint density at radius 2 is 1.55 bits per heavy atom. The molecule has 2 rings (SSSR count). The maximum atomic E-state index is 13.1. The van der Waals surface area contributed by atoms with Gasteiger partial charge in [0, 0.05) is 58.8 Å². The Labute approximate surface area is 409 Å². The number of allylic oxidation sites excluding steroid dienone is 5. The Hall–Kier alpha value is -2.84. The highest BCUT2D eigenvalue weighted by molar-refractivity contribution is 5.81. The van der Waals surface area contributed by atoms with Crippen LogP contribution in [0.5, 0.6) is 0 Å². The van der Waals surface area contributed by atoms with E-state index in [2.05, 4.69) is 49.9 Å². The van der Waals surface area contributed by atoms with Crippen LogP contribution in [-0.4, -0.2) is 110 Å². The van der Waals surface area contributed by atoms with Gasteiger partial charge in [-0.15, -0.1) is 0 Å². The van der Waals surface area contributed by atoms with Gasteiger partial charge < -0.3 is 43.9 Å². The zero-order chi connectivity index (χ0) is 51.8. The molecule has 0 radical (unpaired) electrons. The first-order valence-electron chi connectivity index (χ1n) is 25.4. The minimum absolute atomic E-state index is 0.000424. The van der Waals surface area contributed by atoms with Gasteiger partial charge in [-0.05, 0) is 134 Å². The minimum Gasteiger partial charge on any atom is -0.464 e. The first kappa shape index (κ1) is 68.4. The Morgan fingerprint density at radius 1 is 0.925 bits per heavy atom. The fraction of sp³-hybridized carbons (Fsp3) is 0.782. The molecule has 2 fully saturated rings. The van der Waals surface area contributed by atoms with E-state index in [1.165, 1.54) is 0 Å². The lowest BCUT2D eigenvalue weighted by Crippen LogP contribution is -2.51. The van der Waals surface area contributed by atoms with E-state index < -0.39 is 23.9 Å². The van der Waals surface area contributed by atoms with Gasteiger partial charge in [-0.1, -0.05) is 91.3 Å². The normalized spacial score (nSPS) is 23.4. The standard InChI is InChI=1S/C48H81NO9.C2H6O.2C2H6.CH2O/c1-35(17-12-11-13-18-39(5)47(6,56-8)33-43-19-16-26-48(7,58-43)49-27-14-9-10-15-28-50)29-36(2)45(54)32-46(55)38(4)30-37(3)44(53)31-42(57-34-51)25-22-40-20-23-41(52)24-21-40;1-3-2;3*1-2/h11-13,17-18,28,30,34-37,40-44,46,49,52-53,55H,9-10,14-16,19-27,29,31-33H2,1-8H3;1-2H3;2*1-2H3;1H2/b13-11+,17-12+,38-30+,39-18+;;;;/t35?,36?,37?,40?,41?,42?,43?,44-,46?,47+,48-;;;;/m1..../s1. The SMILES string of the molecule is C=O.CC.CC.COC.CO[C@@](C)(CC1CCC[C@](C)(NCCCCCC=O)O1)/C(C)=C/C=C/C=C/C(C)CC(C)C(=O)CC(O)/C(C)=C/C(C)[C@H](O)CC(CCC1CCC(O)CC1)OC=O. The molecule has 9 atom stereocenters. The molecule has 12 nitrogen and oxygen atoms in total. The fourth-order valence-corrected chi connectivity index (χ4v) is 8.46. The summed E-state index contributed by atoms with van der Waals surface area (Å²) in [5.74, 6) is 0.143. The Bertz CT molecular complexity index is 1360.